The van der Waals surface area contributed by atoms with Gasteiger partial charge in [0, 0.05) is 18.6 Å². The molecule has 108 valence electrons. The molecule has 0 bridgehead atoms. The molecule has 2 aromatic rings. The third kappa shape index (κ3) is 3.39. The highest BCUT2D eigenvalue weighted by Gasteiger charge is 2.25. The van der Waals surface area contributed by atoms with Gasteiger partial charge < -0.3 is 15.3 Å². The number of rotatable bonds is 4. The molecule has 0 aliphatic rings. The van der Waals surface area contributed by atoms with E-state index in [4.69, 9.17) is 0 Å². The molecule has 20 heavy (non-hydrogen) atoms. The molecular formula is C14H19N3O2S. The zero-order valence-electron chi connectivity index (χ0n) is 11.9. The minimum atomic E-state index is -0.899. The molecule has 0 saturated heterocycles. The van der Waals surface area contributed by atoms with Gasteiger partial charge in [-0.15, -0.1) is 0 Å². The van der Waals surface area contributed by atoms with Crippen LogP contribution in [-0.4, -0.2) is 39.7 Å². The SMILES string of the molecule is CC(C)(C)N(CCNc1nc2ccccc2s1)C(=O)O. The van der Waals surface area contributed by atoms with Crippen molar-refractivity contribution in [3.63, 3.8) is 0 Å². The van der Waals surface area contributed by atoms with Crippen molar-refractivity contribution >= 4 is 32.8 Å². The van der Waals surface area contributed by atoms with Crippen molar-refractivity contribution in [3.8, 4) is 0 Å². The maximum Gasteiger partial charge on any atom is 0.407 e. The van der Waals surface area contributed by atoms with E-state index in [1.54, 1.807) is 11.3 Å². The van der Waals surface area contributed by atoms with Gasteiger partial charge in [-0.3, -0.25) is 0 Å². The Bertz CT molecular complexity index is 571. The third-order valence-corrected chi connectivity index (χ3v) is 3.94. The van der Waals surface area contributed by atoms with E-state index in [1.165, 1.54) is 4.90 Å². The van der Waals surface area contributed by atoms with E-state index in [-0.39, 0.29) is 0 Å². The molecule has 1 aromatic carbocycles. The Balaban J connectivity index is 1.96. The summed E-state index contributed by atoms with van der Waals surface area (Å²) in [5.41, 5.74) is 0.562. The highest BCUT2D eigenvalue weighted by Crippen LogP contribution is 2.25. The smallest absolute Gasteiger partial charge is 0.407 e. The molecule has 0 aliphatic heterocycles. The standard InChI is InChI=1S/C14H19N3O2S/c1-14(2,3)17(13(18)19)9-8-15-12-16-10-6-4-5-7-11(10)20-12/h4-7H,8-9H2,1-3H3,(H,15,16)(H,18,19). The molecule has 0 aliphatic carbocycles. The lowest BCUT2D eigenvalue weighted by atomic mass is 10.1. The second-order valence-electron chi connectivity index (χ2n) is 5.52. The van der Waals surface area contributed by atoms with Crippen molar-refractivity contribution in [2.75, 3.05) is 18.4 Å². The van der Waals surface area contributed by atoms with Crippen LogP contribution in [0.1, 0.15) is 20.8 Å². The van der Waals surface area contributed by atoms with Crippen LogP contribution in [-0.2, 0) is 0 Å². The van der Waals surface area contributed by atoms with Gasteiger partial charge in [0.2, 0.25) is 0 Å². The van der Waals surface area contributed by atoms with Crippen molar-refractivity contribution in [3.05, 3.63) is 24.3 Å². The number of nitrogens with one attached hydrogen (secondary N) is 1. The third-order valence-electron chi connectivity index (χ3n) is 2.95. The summed E-state index contributed by atoms with van der Waals surface area (Å²) in [6, 6.07) is 7.93. The number of thiazole rings is 1. The van der Waals surface area contributed by atoms with Gasteiger partial charge in [0.05, 0.1) is 10.2 Å². The number of amides is 1. The molecule has 0 unspecified atom stereocenters. The Hall–Kier alpha value is -1.82. The maximum atomic E-state index is 11.2. The minimum absolute atomic E-state index is 0.402. The van der Waals surface area contributed by atoms with Crippen molar-refractivity contribution < 1.29 is 9.90 Å². The highest BCUT2D eigenvalue weighted by atomic mass is 32.1. The first-order valence-corrected chi connectivity index (χ1v) is 7.29. The summed E-state index contributed by atoms with van der Waals surface area (Å²) < 4.78 is 1.13. The van der Waals surface area contributed by atoms with Gasteiger partial charge in [-0.25, -0.2) is 9.78 Å². The lowest BCUT2D eigenvalue weighted by Gasteiger charge is -2.33. The molecule has 0 radical (unpaired) electrons. The minimum Gasteiger partial charge on any atom is -0.465 e. The van der Waals surface area contributed by atoms with E-state index in [0.717, 1.165) is 15.3 Å². The van der Waals surface area contributed by atoms with Crippen LogP contribution in [0.4, 0.5) is 9.93 Å². The van der Waals surface area contributed by atoms with E-state index in [1.807, 2.05) is 45.0 Å². The van der Waals surface area contributed by atoms with Crippen LogP contribution < -0.4 is 5.32 Å². The first-order valence-electron chi connectivity index (χ1n) is 6.48. The van der Waals surface area contributed by atoms with Crippen LogP contribution in [0, 0.1) is 0 Å². The summed E-state index contributed by atoms with van der Waals surface area (Å²) in [5.74, 6) is 0. The van der Waals surface area contributed by atoms with Crippen LogP contribution >= 0.6 is 11.3 Å². The van der Waals surface area contributed by atoms with Crippen LogP contribution in [0.15, 0.2) is 24.3 Å². The molecule has 1 heterocycles. The van der Waals surface area contributed by atoms with Crippen molar-refractivity contribution in [1.29, 1.82) is 0 Å². The molecule has 2 rings (SSSR count). The van der Waals surface area contributed by atoms with Crippen LogP contribution in [0.2, 0.25) is 0 Å². The van der Waals surface area contributed by atoms with E-state index in [9.17, 15) is 9.90 Å². The van der Waals surface area contributed by atoms with Gasteiger partial charge in [0.15, 0.2) is 5.13 Å². The fourth-order valence-electron chi connectivity index (χ4n) is 1.94. The topological polar surface area (TPSA) is 65.5 Å². The average Bonchev–Trinajstić information content (AvgIpc) is 2.75. The van der Waals surface area contributed by atoms with E-state index < -0.39 is 11.6 Å². The maximum absolute atomic E-state index is 11.2. The Morgan fingerprint density at radius 3 is 2.70 bits per heavy atom. The molecule has 5 nitrogen and oxygen atoms in total. The van der Waals surface area contributed by atoms with E-state index >= 15 is 0 Å². The Morgan fingerprint density at radius 1 is 1.40 bits per heavy atom. The zero-order chi connectivity index (χ0) is 14.8. The van der Waals surface area contributed by atoms with Crippen LogP contribution in [0.3, 0.4) is 0 Å². The summed E-state index contributed by atoms with van der Waals surface area (Å²) in [7, 11) is 0. The monoisotopic (exact) mass is 293 g/mol. The fourth-order valence-corrected chi connectivity index (χ4v) is 2.83. The Morgan fingerprint density at radius 2 is 2.10 bits per heavy atom. The van der Waals surface area contributed by atoms with Crippen LogP contribution in [0.5, 0.6) is 0 Å². The molecule has 1 amide bonds. The number of fused-ring (bicyclic) bond motifs is 1. The quantitative estimate of drug-likeness (QED) is 0.905. The molecule has 0 saturated carbocycles. The van der Waals surface area contributed by atoms with Crippen molar-refractivity contribution in [1.82, 2.24) is 9.88 Å². The predicted molar refractivity (Wildman–Crippen MR) is 82.6 cm³/mol. The molecular weight excluding hydrogens is 274 g/mol. The van der Waals surface area contributed by atoms with Crippen molar-refractivity contribution in [2.24, 2.45) is 0 Å². The number of carboxylic acid groups (broad SMARTS) is 1. The summed E-state index contributed by atoms with van der Waals surface area (Å²) in [4.78, 5) is 17.1. The van der Waals surface area contributed by atoms with Gasteiger partial charge in [-0.2, -0.15) is 0 Å². The van der Waals surface area contributed by atoms with Gasteiger partial charge in [-0.1, -0.05) is 23.5 Å². The molecule has 0 spiro atoms. The fraction of sp³-hybridized carbons (Fsp3) is 0.429. The summed E-state index contributed by atoms with van der Waals surface area (Å²) in [5, 5.41) is 13.2. The average molecular weight is 293 g/mol. The zero-order valence-corrected chi connectivity index (χ0v) is 12.7. The molecule has 0 fully saturated rings. The molecule has 0 atom stereocenters. The Labute approximate surface area is 122 Å². The van der Waals surface area contributed by atoms with Gasteiger partial charge in [0.1, 0.15) is 0 Å². The predicted octanol–water partition coefficient (Wildman–Crippen LogP) is 3.49. The number of hydrogen-bond acceptors (Lipinski definition) is 4. The summed E-state index contributed by atoms with van der Waals surface area (Å²) in [6.45, 7) is 6.63. The molecule has 2 N–H and O–H groups in total. The van der Waals surface area contributed by atoms with Crippen LogP contribution in [0.25, 0.3) is 10.2 Å². The first-order chi connectivity index (χ1) is 9.38. The van der Waals surface area contributed by atoms with Gasteiger partial charge >= 0.3 is 6.09 Å². The Kier molecular flexibility index (Phi) is 4.13. The van der Waals surface area contributed by atoms with Gasteiger partial charge in [-0.05, 0) is 32.9 Å². The van der Waals surface area contributed by atoms with E-state index in [0.29, 0.717) is 13.1 Å². The number of anilines is 1. The summed E-state index contributed by atoms with van der Waals surface area (Å²) in [6.07, 6.45) is -0.899. The number of benzene rings is 1. The number of hydrogen-bond donors (Lipinski definition) is 2. The number of aromatic nitrogens is 1. The first kappa shape index (κ1) is 14.6. The second-order valence-corrected chi connectivity index (χ2v) is 6.55. The normalized spacial score (nSPS) is 11.6. The number of nitrogens with zero attached hydrogens (tertiary/aromatic N) is 2. The number of carbonyl (C=O) groups is 1. The molecule has 1 aromatic heterocycles. The second kappa shape index (κ2) is 5.66. The van der Waals surface area contributed by atoms with Crippen molar-refractivity contribution in [2.45, 2.75) is 26.3 Å². The lowest BCUT2D eigenvalue weighted by Crippen LogP contribution is -2.47. The lowest BCUT2D eigenvalue weighted by molar-refractivity contribution is 0.103. The molecule has 6 heteroatoms. The largest absolute Gasteiger partial charge is 0.465 e. The highest BCUT2D eigenvalue weighted by molar-refractivity contribution is 7.22. The van der Waals surface area contributed by atoms with E-state index in [2.05, 4.69) is 10.3 Å². The van der Waals surface area contributed by atoms with Gasteiger partial charge in [0.25, 0.3) is 0 Å². The summed E-state index contributed by atoms with van der Waals surface area (Å²) >= 11 is 1.58. The number of para-hydroxylation sites is 1.